The minimum Gasteiger partial charge on any atom is -0.462 e. The van der Waals surface area contributed by atoms with Gasteiger partial charge in [-0.3, -0.25) is 18.6 Å². The zero-order chi connectivity index (χ0) is 42.2. The largest absolute Gasteiger partial charge is 0.472 e. The normalized spacial score (nSPS) is 23.3. The van der Waals surface area contributed by atoms with Crippen LogP contribution in [-0.4, -0.2) is 98.3 Å². The van der Waals surface area contributed by atoms with Gasteiger partial charge in [0.15, 0.2) is 6.10 Å². The van der Waals surface area contributed by atoms with Crippen LogP contribution in [0.25, 0.3) is 0 Å². The molecule has 6 N–H and O–H groups in total. The third-order valence-electron chi connectivity index (χ3n) is 9.38. The number of unbranched alkanes of at least 4 members (excludes halogenated alkanes) is 11. The molecular weight excluding hydrogens is 755 g/mol. The Morgan fingerprint density at radius 3 is 1.51 bits per heavy atom. The monoisotopic (exact) mass is 828 g/mol. The fourth-order valence-corrected chi connectivity index (χ4v) is 6.89. The van der Waals surface area contributed by atoms with Gasteiger partial charge < -0.3 is 39.9 Å². The molecule has 1 aliphatic carbocycles. The van der Waals surface area contributed by atoms with E-state index in [9.17, 15) is 44.6 Å². The molecule has 0 aromatic carbocycles. The van der Waals surface area contributed by atoms with Gasteiger partial charge in [-0.1, -0.05) is 139 Å². The quantitative estimate of drug-likeness (QED) is 0.0165. The summed E-state index contributed by atoms with van der Waals surface area (Å²) in [5, 5.41) is 50.0. The van der Waals surface area contributed by atoms with Crippen molar-refractivity contribution < 1.29 is 63.1 Å². The number of rotatable bonds is 33. The van der Waals surface area contributed by atoms with Crippen molar-refractivity contribution in [2.75, 3.05) is 13.2 Å². The van der Waals surface area contributed by atoms with E-state index < -0.39 is 75.7 Å². The highest BCUT2D eigenvalue weighted by atomic mass is 31.2. The summed E-state index contributed by atoms with van der Waals surface area (Å²) in [6.45, 7) is 3.15. The Labute approximate surface area is 341 Å². The van der Waals surface area contributed by atoms with E-state index in [1.807, 2.05) is 18.2 Å². The van der Waals surface area contributed by atoms with Crippen LogP contribution in [0.4, 0.5) is 0 Å². The molecule has 0 spiro atoms. The van der Waals surface area contributed by atoms with Crippen molar-refractivity contribution >= 4 is 19.8 Å². The number of carbonyl (C=O) groups excluding carboxylic acids is 2. The number of esters is 2. The van der Waals surface area contributed by atoms with Gasteiger partial charge in [-0.2, -0.15) is 0 Å². The highest BCUT2D eigenvalue weighted by Crippen LogP contribution is 2.47. The first kappa shape index (κ1) is 52.6. The molecule has 0 bridgehead atoms. The van der Waals surface area contributed by atoms with Gasteiger partial charge in [0.25, 0.3) is 0 Å². The highest BCUT2D eigenvalue weighted by molar-refractivity contribution is 7.47. The van der Waals surface area contributed by atoms with E-state index in [1.54, 1.807) is 0 Å². The second-order valence-electron chi connectivity index (χ2n) is 14.5. The predicted molar refractivity (Wildman–Crippen MR) is 221 cm³/mol. The number of aliphatic hydroxyl groups excluding tert-OH is 5. The van der Waals surface area contributed by atoms with Crippen molar-refractivity contribution in [1.82, 2.24) is 0 Å². The Kier molecular flexibility index (Phi) is 30.8. The zero-order valence-electron chi connectivity index (χ0n) is 34.4. The van der Waals surface area contributed by atoms with E-state index in [4.69, 9.17) is 18.5 Å². The molecule has 1 saturated carbocycles. The van der Waals surface area contributed by atoms with Crippen molar-refractivity contribution in [2.24, 2.45) is 0 Å². The maximum Gasteiger partial charge on any atom is 0.472 e. The molecule has 0 heterocycles. The summed E-state index contributed by atoms with van der Waals surface area (Å²) in [6, 6.07) is 0. The second-order valence-corrected chi connectivity index (χ2v) is 15.9. The maximum absolute atomic E-state index is 12.8. The molecule has 0 radical (unpaired) electrons. The summed E-state index contributed by atoms with van der Waals surface area (Å²) in [7, 11) is -5.13. The molecular formula is C43H73O13P. The Balaban J connectivity index is 2.55. The lowest BCUT2D eigenvalue weighted by molar-refractivity contribution is -0.220. The summed E-state index contributed by atoms with van der Waals surface area (Å²) < 4.78 is 33.3. The molecule has 6 unspecified atom stereocenters. The average molecular weight is 829 g/mol. The molecule has 0 aromatic heterocycles. The lowest BCUT2D eigenvalue weighted by Crippen LogP contribution is -2.64. The number of hydrogen-bond acceptors (Lipinski definition) is 12. The Bertz CT molecular complexity index is 1230. The van der Waals surface area contributed by atoms with E-state index in [2.05, 4.69) is 56.4 Å². The van der Waals surface area contributed by atoms with E-state index in [0.717, 1.165) is 44.9 Å². The Morgan fingerprint density at radius 1 is 0.544 bits per heavy atom. The van der Waals surface area contributed by atoms with Gasteiger partial charge >= 0.3 is 19.8 Å². The Hall–Kier alpha value is -2.45. The summed E-state index contributed by atoms with van der Waals surface area (Å²) >= 11 is 0. The predicted octanol–water partition coefficient (Wildman–Crippen LogP) is 7.38. The van der Waals surface area contributed by atoms with Crippen molar-refractivity contribution in [3.8, 4) is 0 Å². The van der Waals surface area contributed by atoms with Crippen molar-refractivity contribution in [1.29, 1.82) is 0 Å². The van der Waals surface area contributed by atoms with Crippen LogP contribution in [0.3, 0.4) is 0 Å². The van der Waals surface area contributed by atoms with Gasteiger partial charge in [-0.25, -0.2) is 4.57 Å². The van der Waals surface area contributed by atoms with Crippen LogP contribution in [-0.2, 0) is 32.7 Å². The molecule has 0 amide bonds. The number of phosphoric acid groups is 1. The SMILES string of the molecule is CCCCC/C=C/C/C=C/C/C=C/C/C=C/C/C=C/CCC(=O)O[C@H](COC(=O)CCCCCCCCCCC)COP(=O)(O)OC1C(O)C(O)C(O)[C@@H](O)C1O. The van der Waals surface area contributed by atoms with Crippen LogP contribution in [0.1, 0.15) is 142 Å². The minimum atomic E-state index is -5.13. The molecule has 0 aliphatic heterocycles. The van der Waals surface area contributed by atoms with Crippen molar-refractivity contribution in [3.05, 3.63) is 60.8 Å². The van der Waals surface area contributed by atoms with Gasteiger partial charge in [-0.05, 0) is 51.4 Å². The number of allylic oxidation sites excluding steroid dienone is 10. The van der Waals surface area contributed by atoms with Gasteiger partial charge in [0.05, 0.1) is 6.61 Å². The molecule has 1 fully saturated rings. The summed E-state index contributed by atoms with van der Waals surface area (Å²) in [4.78, 5) is 35.4. The van der Waals surface area contributed by atoms with Gasteiger partial charge in [0.1, 0.15) is 43.2 Å². The van der Waals surface area contributed by atoms with Gasteiger partial charge in [0, 0.05) is 12.8 Å². The standard InChI is InChI=1S/C43H73O13P/c1-3-5-7-9-11-13-14-15-16-17-18-19-20-21-22-24-26-28-30-32-37(45)55-35(33-53-36(44)31-29-27-25-23-12-10-8-6-4-2)34-54-57(51,52)56-43-41(49)39(47)38(46)40(48)42(43)50/h11,13,15-16,18-19,21-22,26,28,35,38-43,46-50H,3-10,12,14,17,20,23-25,27,29-34H2,1-2H3,(H,51,52)/b13-11+,16-15+,19-18+,22-21+,28-26+/t35-,38?,39-,40?,41?,42?,43?/m1/s1. The van der Waals surface area contributed by atoms with E-state index in [0.29, 0.717) is 19.3 Å². The topological polar surface area (TPSA) is 210 Å². The van der Waals surface area contributed by atoms with Gasteiger partial charge in [0.2, 0.25) is 0 Å². The summed E-state index contributed by atoms with van der Waals surface area (Å²) in [5.74, 6) is -1.20. The van der Waals surface area contributed by atoms with Crippen molar-refractivity contribution in [3.63, 3.8) is 0 Å². The van der Waals surface area contributed by atoms with Crippen LogP contribution < -0.4 is 0 Å². The molecule has 328 valence electrons. The third kappa shape index (κ3) is 26.3. The molecule has 0 saturated heterocycles. The van der Waals surface area contributed by atoms with Crippen LogP contribution >= 0.6 is 7.82 Å². The highest BCUT2D eigenvalue weighted by Gasteiger charge is 2.51. The molecule has 57 heavy (non-hydrogen) atoms. The first-order valence-electron chi connectivity index (χ1n) is 21.1. The molecule has 0 aromatic rings. The van der Waals surface area contributed by atoms with Crippen LogP contribution in [0.2, 0.25) is 0 Å². The molecule has 13 nitrogen and oxygen atoms in total. The number of aliphatic hydroxyl groups is 5. The third-order valence-corrected chi connectivity index (χ3v) is 10.4. The van der Waals surface area contributed by atoms with Crippen LogP contribution in [0, 0.1) is 0 Å². The number of carbonyl (C=O) groups is 2. The number of hydrogen-bond donors (Lipinski definition) is 6. The molecule has 1 aliphatic rings. The fraction of sp³-hybridized carbons (Fsp3) is 0.721. The van der Waals surface area contributed by atoms with E-state index >= 15 is 0 Å². The van der Waals surface area contributed by atoms with Gasteiger partial charge in [-0.15, -0.1) is 0 Å². The molecule has 1 rings (SSSR count). The minimum absolute atomic E-state index is 0.0279. The number of ether oxygens (including phenoxy) is 2. The van der Waals surface area contributed by atoms with E-state index in [-0.39, 0.29) is 12.8 Å². The second kappa shape index (κ2) is 33.4. The smallest absolute Gasteiger partial charge is 0.462 e. The lowest BCUT2D eigenvalue weighted by atomic mass is 9.85. The average Bonchev–Trinajstić information content (AvgIpc) is 3.19. The molecule has 14 heteroatoms. The summed E-state index contributed by atoms with van der Waals surface area (Å²) in [5.41, 5.74) is 0. The first-order chi connectivity index (χ1) is 27.4. The fourth-order valence-electron chi connectivity index (χ4n) is 5.92. The van der Waals surface area contributed by atoms with Crippen LogP contribution in [0.15, 0.2) is 60.8 Å². The lowest BCUT2D eigenvalue weighted by Gasteiger charge is -2.41. The maximum atomic E-state index is 12.8. The zero-order valence-corrected chi connectivity index (χ0v) is 35.3. The first-order valence-corrected chi connectivity index (χ1v) is 22.6. The van der Waals surface area contributed by atoms with Crippen molar-refractivity contribution in [2.45, 2.75) is 185 Å². The molecule has 8 atom stereocenters. The van der Waals surface area contributed by atoms with E-state index in [1.165, 1.54) is 51.4 Å². The Morgan fingerprint density at radius 2 is 0.982 bits per heavy atom. The van der Waals surface area contributed by atoms with Crippen LogP contribution in [0.5, 0.6) is 0 Å². The number of phosphoric ester groups is 1. The summed E-state index contributed by atoms with van der Waals surface area (Å²) in [6.07, 6.45) is 26.0.